The number of carbonyl (C=O) groups is 1. The molecular weight excluding hydrogens is 206 g/mol. The van der Waals surface area contributed by atoms with Crippen molar-refractivity contribution >= 4 is 5.91 Å². The monoisotopic (exact) mass is 231 g/mol. The van der Waals surface area contributed by atoms with Gasteiger partial charge >= 0.3 is 0 Å². The van der Waals surface area contributed by atoms with E-state index in [1.807, 2.05) is 7.05 Å². The average Bonchev–Trinajstić information content (AvgIpc) is 2.24. The Labute approximate surface area is 98.5 Å². The Morgan fingerprint density at radius 1 is 1.38 bits per heavy atom. The molecule has 96 valence electrons. The fraction of sp³-hybridized carbons (Fsp3) is 0.909. The molecule has 1 amide bonds. The Balaban J connectivity index is 3.37. The van der Waals surface area contributed by atoms with E-state index in [0.717, 1.165) is 6.54 Å². The molecule has 2 N–H and O–H groups in total. The Hall–Kier alpha value is -0.650. The lowest BCUT2D eigenvalue weighted by Gasteiger charge is -2.20. The van der Waals surface area contributed by atoms with Gasteiger partial charge < -0.3 is 20.3 Å². The van der Waals surface area contributed by atoms with E-state index in [1.165, 1.54) is 0 Å². The largest absolute Gasteiger partial charge is 0.383 e. The first-order chi connectivity index (χ1) is 7.57. The maximum absolute atomic E-state index is 11.3. The topological polar surface area (TPSA) is 53.6 Å². The molecule has 0 radical (unpaired) electrons. The standard InChI is InChI=1S/C11H25N3O2/c1-10(2)14(3)7-5-13-11(15)9-12-6-8-16-4/h10,12H,5-9H2,1-4H3,(H,13,15). The fourth-order valence-corrected chi connectivity index (χ4v) is 1.07. The molecule has 0 bridgehead atoms. The molecule has 0 atom stereocenters. The number of likely N-dealkylation sites (N-methyl/N-ethyl adjacent to an activating group) is 1. The van der Waals surface area contributed by atoms with Crippen molar-refractivity contribution in [2.75, 3.05) is 46.9 Å². The SMILES string of the molecule is COCCNCC(=O)NCCN(C)C(C)C. The maximum Gasteiger partial charge on any atom is 0.234 e. The number of amides is 1. The molecule has 0 aliphatic carbocycles. The first kappa shape index (κ1) is 15.3. The molecule has 0 rings (SSSR count). The summed E-state index contributed by atoms with van der Waals surface area (Å²) in [5.41, 5.74) is 0. The Kier molecular flexibility index (Phi) is 9.18. The highest BCUT2D eigenvalue weighted by Gasteiger charge is 2.03. The molecule has 0 aliphatic heterocycles. The predicted molar refractivity (Wildman–Crippen MR) is 65.5 cm³/mol. The molecule has 0 aromatic rings. The summed E-state index contributed by atoms with van der Waals surface area (Å²) in [6.45, 7) is 7.52. The number of nitrogens with one attached hydrogen (secondary N) is 2. The van der Waals surface area contributed by atoms with Gasteiger partial charge in [-0.1, -0.05) is 0 Å². The lowest BCUT2D eigenvalue weighted by Crippen LogP contribution is -2.40. The van der Waals surface area contributed by atoms with Crippen LogP contribution in [0.5, 0.6) is 0 Å². The third-order valence-electron chi connectivity index (χ3n) is 2.44. The van der Waals surface area contributed by atoms with E-state index in [1.54, 1.807) is 7.11 Å². The van der Waals surface area contributed by atoms with Gasteiger partial charge in [0.15, 0.2) is 0 Å². The summed E-state index contributed by atoms with van der Waals surface area (Å²) in [4.78, 5) is 13.5. The van der Waals surface area contributed by atoms with Crippen molar-refractivity contribution in [3.05, 3.63) is 0 Å². The molecule has 5 heteroatoms. The second-order valence-electron chi connectivity index (χ2n) is 4.09. The van der Waals surface area contributed by atoms with Gasteiger partial charge in [0.2, 0.25) is 5.91 Å². The van der Waals surface area contributed by atoms with Crippen LogP contribution in [0.25, 0.3) is 0 Å². The van der Waals surface area contributed by atoms with Gasteiger partial charge in [-0.2, -0.15) is 0 Å². The quantitative estimate of drug-likeness (QED) is 0.534. The minimum atomic E-state index is 0.0354. The first-order valence-electron chi connectivity index (χ1n) is 5.74. The van der Waals surface area contributed by atoms with Crippen LogP contribution in [0.4, 0.5) is 0 Å². The zero-order chi connectivity index (χ0) is 12.4. The van der Waals surface area contributed by atoms with E-state index >= 15 is 0 Å². The molecule has 16 heavy (non-hydrogen) atoms. The van der Waals surface area contributed by atoms with Gasteiger partial charge in [0, 0.05) is 32.8 Å². The third kappa shape index (κ3) is 8.64. The second-order valence-corrected chi connectivity index (χ2v) is 4.09. The summed E-state index contributed by atoms with van der Waals surface area (Å²) in [7, 11) is 3.69. The van der Waals surface area contributed by atoms with Crippen molar-refractivity contribution in [2.24, 2.45) is 0 Å². The Bertz CT molecular complexity index is 186. The number of hydrogen-bond acceptors (Lipinski definition) is 4. The number of hydrogen-bond donors (Lipinski definition) is 2. The van der Waals surface area contributed by atoms with Gasteiger partial charge in [0.1, 0.15) is 0 Å². The normalized spacial score (nSPS) is 11.1. The van der Waals surface area contributed by atoms with Gasteiger partial charge in [-0.05, 0) is 20.9 Å². The van der Waals surface area contributed by atoms with Crippen LogP contribution >= 0.6 is 0 Å². The summed E-state index contributed by atoms with van der Waals surface area (Å²) in [6, 6.07) is 0.511. The zero-order valence-electron chi connectivity index (χ0n) is 10.9. The van der Waals surface area contributed by atoms with Crippen LogP contribution in [0.2, 0.25) is 0 Å². The molecule has 0 fully saturated rings. The van der Waals surface area contributed by atoms with Crippen LogP contribution in [-0.4, -0.2) is 63.8 Å². The molecule has 0 unspecified atom stereocenters. The predicted octanol–water partition coefficient (Wildman–Crippen LogP) is -0.321. The summed E-state index contributed by atoms with van der Waals surface area (Å²) >= 11 is 0. The highest BCUT2D eigenvalue weighted by molar-refractivity contribution is 5.77. The van der Waals surface area contributed by atoms with E-state index in [2.05, 4.69) is 29.4 Å². The van der Waals surface area contributed by atoms with Crippen molar-refractivity contribution in [3.8, 4) is 0 Å². The molecule has 0 saturated carbocycles. The molecular formula is C11H25N3O2. The van der Waals surface area contributed by atoms with E-state index in [-0.39, 0.29) is 5.91 Å². The molecule has 0 aromatic heterocycles. The van der Waals surface area contributed by atoms with Crippen molar-refractivity contribution in [3.63, 3.8) is 0 Å². The molecule has 0 spiro atoms. The van der Waals surface area contributed by atoms with Gasteiger partial charge in [0.25, 0.3) is 0 Å². The van der Waals surface area contributed by atoms with Crippen LogP contribution in [0.15, 0.2) is 0 Å². The molecule has 0 aliphatic rings. The number of methoxy groups -OCH3 is 1. The van der Waals surface area contributed by atoms with E-state index < -0.39 is 0 Å². The molecule has 5 nitrogen and oxygen atoms in total. The lowest BCUT2D eigenvalue weighted by atomic mass is 10.3. The van der Waals surface area contributed by atoms with E-state index in [0.29, 0.717) is 32.3 Å². The van der Waals surface area contributed by atoms with Crippen LogP contribution < -0.4 is 10.6 Å². The smallest absolute Gasteiger partial charge is 0.234 e. The van der Waals surface area contributed by atoms with Crippen molar-refractivity contribution in [2.45, 2.75) is 19.9 Å². The lowest BCUT2D eigenvalue weighted by molar-refractivity contribution is -0.120. The first-order valence-corrected chi connectivity index (χ1v) is 5.74. The fourth-order valence-electron chi connectivity index (χ4n) is 1.07. The van der Waals surface area contributed by atoms with Crippen LogP contribution in [0, 0.1) is 0 Å². The zero-order valence-corrected chi connectivity index (χ0v) is 10.9. The Morgan fingerprint density at radius 2 is 2.06 bits per heavy atom. The van der Waals surface area contributed by atoms with Crippen LogP contribution in [0.1, 0.15) is 13.8 Å². The molecule has 0 saturated heterocycles. The van der Waals surface area contributed by atoms with Gasteiger partial charge in [-0.15, -0.1) is 0 Å². The number of carbonyl (C=O) groups excluding carboxylic acids is 1. The summed E-state index contributed by atoms with van der Waals surface area (Å²) in [5, 5.41) is 5.86. The summed E-state index contributed by atoms with van der Waals surface area (Å²) in [5.74, 6) is 0.0354. The van der Waals surface area contributed by atoms with Gasteiger partial charge in [-0.3, -0.25) is 4.79 Å². The van der Waals surface area contributed by atoms with Gasteiger partial charge in [-0.25, -0.2) is 0 Å². The summed E-state index contributed by atoms with van der Waals surface area (Å²) < 4.78 is 4.86. The minimum Gasteiger partial charge on any atom is -0.383 e. The number of rotatable bonds is 9. The van der Waals surface area contributed by atoms with E-state index in [4.69, 9.17) is 4.74 Å². The van der Waals surface area contributed by atoms with Crippen molar-refractivity contribution < 1.29 is 9.53 Å². The van der Waals surface area contributed by atoms with E-state index in [9.17, 15) is 4.79 Å². The second kappa shape index (κ2) is 9.57. The molecule has 0 heterocycles. The minimum absolute atomic E-state index is 0.0354. The van der Waals surface area contributed by atoms with Crippen molar-refractivity contribution in [1.82, 2.24) is 15.5 Å². The Morgan fingerprint density at radius 3 is 2.62 bits per heavy atom. The summed E-state index contributed by atoms with van der Waals surface area (Å²) in [6.07, 6.45) is 0. The van der Waals surface area contributed by atoms with Gasteiger partial charge in [0.05, 0.1) is 13.2 Å². The number of nitrogens with zero attached hydrogens (tertiary/aromatic N) is 1. The van der Waals surface area contributed by atoms with Crippen molar-refractivity contribution in [1.29, 1.82) is 0 Å². The maximum atomic E-state index is 11.3. The van der Waals surface area contributed by atoms with Crippen LogP contribution in [0.3, 0.4) is 0 Å². The third-order valence-corrected chi connectivity index (χ3v) is 2.44. The van der Waals surface area contributed by atoms with Crippen LogP contribution in [-0.2, 0) is 9.53 Å². The average molecular weight is 231 g/mol. The highest BCUT2D eigenvalue weighted by atomic mass is 16.5. The number of ether oxygens (including phenoxy) is 1. The molecule has 0 aromatic carbocycles. The highest BCUT2D eigenvalue weighted by Crippen LogP contribution is 1.90.